The van der Waals surface area contributed by atoms with Crippen LogP contribution in [-0.2, 0) is 5.75 Å². The number of aromatic nitrogens is 1. The third-order valence-electron chi connectivity index (χ3n) is 3.78. The second kappa shape index (κ2) is 9.78. The molecule has 1 aromatic heterocycles. The number of hydrazone groups is 1. The number of nitriles is 1. The zero-order valence-electron chi connectivity index (χ0n) is 15.4. The van der Waals surface area contributed by atoms with Gasteiger partial charge in [-0.15, -0.1) is 0 Å². The summed E-state index contributed by atoms with van der Waals surface area (Å²) in [5, 5.41) is 15.1. The summed E-state index contributed by atoms with van der Waals surface area (Å²) in [4.78, 5) is 0. The van der Waals surface area contributed by atoms with E-state index in [1.807, 2.05) is 36.4 Å². The summed E-state index contributed by atoms with van der Waals surface area (Å²) in [7, 11) is 3.18. The normalized spacial score (nSPS) is 10.6. The molecule has 0 aliphatic heterocycles. The second-order valence-corrected chi connectivity index (χ2v) is 7.30. The first-order valence-corrected chi connectivity index (χ1v) is 10.1. The first-order chi connectivity index (χ1) is 13.7. The van der Waals surface area contributed by atoms with Gasteiger partial charge in [-0.25, -0.2) is 0 Å². The van der Waals surface area contributed by atoms with E-state index in [9.17, 15) is 5.26 Å². The third kappa shape index (κ3) is 4.82. The third-order valence-corrected chi connectivity index (χ3v) is 5.69. The van der Waals surface area contributed by atoms with E-state index >= 15 is 0 Å². The average molecular weight is 411 g/mol. The average Bonchev–Trinajstić information content (AvgIpc) is 3.14. The van der Waals surface area contributed by atoms with Gasteiger partial charge in [-0.3, -0.25) is 5.43 Å². The van der Waals surface area contributed by atoms with Crippen molar-refractivity contribution < 1.29 is 9.47 Å². The summed E-state index contributed by atoms with van der Waals surface area (Å²) in [5.41, 5.74) is 5.45. The Balaban J connectivity index is 1.67. The highest BCUT2D eigenvalue weighted by Gasteiger charge is 2.14. The lowest BCUT2D eigenvalue weighted by Crippen LogP contribution is -1.94. The number of thioether (sulfide) groups is 1. The molecule has 3 rings (SSSR count). The monoisotopic (exact) mass is 410 g/mol. The molecule has 0 saturated heterocycles. The van der Waals surface area contributed by atoms with Crippen LogP contribution in [0.3, 0.4) is 0 Å². The molecule has 1 heterocycles. The van der Waals surface area contributed by atoms with Gasteiger partial charge >= 0.3 is 0 Å². The topological polar surface area (TPSA) is 79.5 Å². The van der Waals surface area contributed by atoms with Crippen LogP contribution in [0.5, 0.6) is 11.5 Å². The molecule has 0 saturated carbocycles. The standard InChI is InChI=1S/C20H18N4O2S2/c1-25-17-9-8-15(10-18(17)26-2)12-22-23-19-16(11-21)20(24-28-19)27-13-14-6-4-3-5-7-14/h3-10,12,23H,13H2,1-2H3. The van der Waals surface area contributed by atoms with Crippen LogP contribution in [0.1, 0.15) is 16.7 Å². The predicted octanol–water partition coefficient (Wildman–Crippen LogP) is 4.77. The summed E-state index contributed by atoms with van der Waals surface area (Å²) in [5.74, 6) is 2.04. The number of nitrogens with zero attached hydrogens (tertiary/aromatic N) is 3. The van der Waals surface area contributed by atoms with Gasteiger partial charge in [-0.2, -0.15) is 14.7 Å². The highest BCUT2D eigenvalue weighted by molar-refractivity contribution is 7.98. The highest BCUT2D eigenvalue weighted by atomic mass is 32.2. The van der Waals surface area contributed by atoms with Crippen molar-refractivity contribution in [3.8, 4) is 17.6 Å². The minimum Gasteiger partial charge on any atom is -0.493 e. The van der Waals surface area contributed by atoms with Crippen LogP contribution in [0.2, 0.25) is 0 Å². The van der Waals surface area contributed by atoms with Crippen molar-refractivity contribution in [1.29, 1.82) is 5.26 Å². The van der Waals surface area contributed by atoms with Crippen molar-refractivity contribution in [1.82, 2.24) is 4.37 Å². The molecule has 1 N–H and O–H groups in total. The summed E-state index contributed by atoms with van der Waals surface area (Å²) in [6, 6.07) is 17.8. The molecule has 0 fully saturated rings. The fraction of sp³-hybridized carbons (Fsp3) is 0.150. The fourth-order valence-corrected chi connectivity index (χ4v) is 4.14. The van der Waals surface area contributed by atoms with Crippen LogP contribution < -0.4 is 14.9 Å². The first kappa shape index (κ1) is 19.7. The lowest BCUT2D eigenvalue weighted by atomic mass is 10.2. The van der Waals surface area contributed by atoms with Crippen molar-refractivity contribution in [2.75, 3.05) is 19.6 Å². The maximum absolute atomic E-state index is 9.51. The Labute approximate surface area is 172 Å². The predicted molar refractivity (Wildman–Crippen MR) is 114 cm³/mol. The quantitative estimate of drug-likeness (QED) is 0.327. The van der Waals surface area contributed by atoms with Gasteiger partial charge in [-0.1, -0.05) is 42.1 Å². The molecule has 28 heavy (non-hydrogen) atoms. The number of nitrogens with one attached hydrogen (secondary N) is 1. The van der Waals surface area contributed by atoms with Crippen molar-refractivity contribution in [3.05, 3.63) is 65.2 Å². The highest BCUT2D eigenvalue weighted by Crippen LogP contribution is 2.33. The lowest BCUT2D eigenvalue weighted by Gasteiger charge is -2.07. The number of hydrogen-bond acceptors (Lipinski definition) is 8. The van der Waals surface area contributed by atoms with Crippen molar-refractivity contribution in [2.45, 2.75) is 10.8 Å². The molecule has 3 aromatic rings. The number of benzene rings is 2. The second-order valence-electron chi connectivity index (χ2n) is 5.56. The molecule has 8 heteroatoms. The van der Waals surface area contributed by atoms with Crippen molar-refractivity contribution >= 4 is 34.5 Å². The van der Waals surface area contributed by atoms with Crippen LogP contribution in [0.15, 0.2) is 58.7 Å². The summed E-state index contributed by atoms with van der Waals surface area (Å²) in [6.45, 7) is 0. The molecule has 0 aliphatic rings. The summed E-state index contributed by atoms with van der Waals surface area (Å²) in [6.07, 6.45) is 1.65. The van der Waals surface area contributed by atoms with E-state index in [-0.39, 0.29) is 0 Å². The number of anilines is 1. The summed E-state index contributed by atoms with van der Waals surface area (Å²) >= 11 is 2.76. The minimum absolute atomic E-state index is 0.510. The van der Waals surface area contributed by atoms with Crippen LogP contribution >= 0.6 is 23.3 Å². The molecule has 142 valence electrons. The van der Waals surface area contributed by atoms with Gasteiger partial charge in [0.2, 0.25) is 0 Å². The number of rotatable bonds is 8. The van der Waals surface area contributed by atoms with Gasteiger partial charge < -0.3 is 9.47 Å². The molecule has 0 spiro atoms. The largest absolute Gasteiger partial charge is 0.493 e. The Morgan fingerprint density at radius 1 is 1.18 bits per heavy atom. The van der Waals surface area contributed by atoms with Crippen LogP contribution in [0.4, 0.5) is 5.00 Å². The molecule has 6 nitrogen and oxygen atoms in total. The molecular formula is C20H18N4O2S2. The SMILES string of the molecule is COc1ccc(C=NNc2snc(SCc3ccccc3)c2C#N)cc1OC. The Morgan fingerprint density at radius 3 is 2.68 bits per heavy atom. The first-order valence-electron chi connectivity index (χ1n) is 8.32. The van der Waals surface area contributed by atoms with Crippen LogP contribution in [0.25, 0.3) is 0 Å². The Kier molecular flexibility index (Phi) is 6.89. The number of hydrogen-bond donors (Lipinski definition) is 1. The Morgan fingerprint density at radius 2 is 1.96 bits per heavy atom. The van der Waals surface area contributed by atoms with E-state index in [1.54, 1.807) is 20.4 Å². The van der Waals surface area contributed by atoms with Crippen molar-refractivity contribution in [3.63, 3.8) is 0 Å². The maximum Gasteiger partial charge on any atom is 0.161 e. The van der Waals surface area contributed by atoms with E-state index in [0.29, 0.717) is 27.1 Å². The molecule has 2 aromatic carbocycles. The molecule has 0 aliphatic carbocycles. The van der Waals surface area contributed by atoms with Gasteiger partial charge in [0, 0.05) is 5.75 Å². The molecule has 0 amide bonds. The lowest BCUT2D eigenvalue weighted by molar-refractivity contribution is 0.355. The fourth-order valence-electron chi connectivity index (χ4n) is 2.37. The van der Waals surface area contributed by atoms with Crippen molar-refractivity contribution in [2.24, 2.45) is 5.10 Å². The molecule has 0 atom stereocenters. The van der Waals surface area contributed by atoms with E-state index in [1.165, 1.54) is 28.9 Å². The van der Waals surface area contributed by atoms with Gasteiger partial charge in [0.05, 0.1) is 20.4 Å². The van der Waals surface area contributed by atoms with E-state index in [0.717, 1.165) is 11.3 Å². The van der Waals surface area contributed by atoms with Crippen LogP contribution in [-0.4, -0.2) is 24.8 Å². The van der Waals surface area contributed by atoms with Gasteiger partial charge in [0.1, 0.15) is 21.7 Å². The molecule has 0 bridgehead atoms. The Hall–Kier alpha value is -3.02. The van der Waals surface area contributed by atoms with E-state index < -0.39 is 0 Å². The van der Waals surface area contributed by atoms with Gasteiger partial charge in [-0.05, 0) is 40.9 Å². The number of ether oxygens (including phenoxy) is 2. The number of methoxy groups -OCH3 is 2. The molecule has 0 unspecified atom stereocenters. The minimum atomic E-state index is 0.510. The van der Waals surface area contributed by atoms with Crippen LogP contribution in [0, 0.1) is 11.3 Å². The van der Waals surface area contributed by atoms with E-state index in [2.05, 4.69) is 33.1 Å². The summed E-state index contributed by atoms with van der Waals surface area (Å²) < 4.78 is 14.9. The molecular weight excluding hydrogens is 392 g/mol. The van der Waals surface area contributed by atoms with Gasteiger partial charge in [0.15, 0.2) is 11.5 Å². The zero-order valence-corrected chi connectivity index (χ0v) is 17.0. The molecule has 0 radical (unpaired) electrons. The zero-order chi connectivity index (χ0) is 19.8. The Bertz CT molecular complexity index is 997. The smallest absolute Gasteiger partial charge is 0.161 e. The maximum atomic E-state index is 9.51. The van der Waals surface area contributed by atoms with E-state index in [4.69, 9.17) is 9.47 Å². The van der Waals surface area contributed by atoms with Gasteiger partial charge in [0.25, 0.3) is 0 Å².